The van der Waals surface area contributed by atoms with Crippen LogP contribution < -0.4 is 9.62 Å². The van der Waals surface area contributed by atoms with Crippen LogP contribution >= 0.6 is 0 Å². The SMILES string of the molecule is Cc1cc(C(=O)N[C@@H]2C3(C)CC[C@@H](C3)C2(C)C)cc(S(=O)(=O)N2CCCc3ccccc32)c1C. The number of nitrogens with zero attached hydrogens (tertiary/aromatic N) is 1. The summed E-state index contributed by atoms with van der Waals surface area (Å²) in [6, 6.07) is 11.2. The third kappa shape index (κ3) is 3.48. The molecule has 182 valence electrons. The van der Waals surface area contributed by atoms with Crippen LogP contribution in [0.2, 0.25) is 0 Å². The Labute approximate surface area is 204 Å². The number of amides is 1. The van der Waals surface area contributed by atoms with Crippen LogP contribution in [0.5, 0.6) is 0 Å². The molecule has 3 atom stereocenters. The molecular weight excluding hydrogens is 444 g/mol. The van der Waals surface area contributed by atoms with E-state index in [9.17, 15) is 13.2 Å². The molecule has 2 aliphatic carbocycles. The maximum Gasteiger partial charge on any atom is 0.264 e. The minimum atomic E-state index is -3.80. The van der Waals surface area contributed by atoms with Crippen LogP contribution in [0.4, 0.5) is 5.69 Å². The number of fused-ring (bicyclic) bond motifs is 3. The summed E-state index contributed by atoms with van der Waals surface area (Å²) in [5.41, 5.74) is 3.88. The van der Waals surface area contributed by atoms with E-state index in [1.807, 2.05) is 44.2 Å². The first kappa shape index (κ1) is 23.4. The molecule has 2 bridgehead atoms. The monoisotopic (exact) mass is 480 g/mol. The van der Waals surface area contributed by atoms with Gasteiger partial charge in [-0.15, -0.1) is 0 Å². The largest absolute Gasteiger partial charge is 0.348 e. The summed E-state index contributed by atoms with van der Waals surface area (Å²) in [6.07, 6.45) is 5.16. The third-order valence-electron chi connectivity index (χ3n) is 9.06. The van der Waals surface area contributed by atoms with Gasteiger partial charge in [-0.25, -0.2) is 8.42 Å². The lowest BCUT2D eigenvalue weighted by atomic mass is 9.68. The van der Waals surface area contributed by atoms with Crippen molar-refractivity contribution in [2.24, 2.45) is 16.7 Å². The number of sulfonamides is 1. The number of aryl methyl sites for hydroxylation is 2. The lowest BCUT2D eigenvalue weighted by Gasteiger charge is -2.43. The molecule has 6 heteroatoms. The Morgan fingerprint density at radius 3 is 2.56 bits per heavy atom. The molecule has 2 aromatic carbocycles. The summed E-state index contributed by atoms with van der Waals surface area (Å²) in [7, 11) is -3.80. The molecule has 0 radical (unpaired) electrons. The molecule has 1 N–H and O–H groups in total. The zero-order valence-corrected chi connectivity index (χ0v) is 21.8. The van der Waals surface area contributed by atoms with Gasteiger partial charge in [0.1, 0.15) is 0 Å². The number of carbonyl (C=O) groups is 1. The molecule has 0 aromatic heterocycles. The molecule has 34 heavy (non-hydrogen) atoms. The van der Waals surface area contributed by atoms with E-state index in [2.05, 4.69) is 26.1 Å². The lowest BCUT2D eigenvalue weighted by molar-refractivity contribution is 0.0737. The van der Waals surface area contributed by atoms with Crippen molar-refractivity contribution in [1.29, 1.82) is 0 Å². The summed E-state index contributed by atoms with van der Waals surface area (Å²) in [6.45, 7) is 11.0. The lowest BCUT2D eigenvalue weighted by Crippen LogP contribution is -2.52. The fourth-order valence-corrected chi connectivity index (χ4v) is 8.84. The van der Waals surface area contributed by atoms with Crippen LogP contribution in [-0.2, 0) is 16.4 Å². The molecule has 2 aromatic rings. The van der Waals surface area contributed by atoms with Gasteiger partial charge >= 0.3 is 0 Å². The third-order valence-corrected chi connectivity index (χ3v) is 11.0. The number of hydrogen-bond acceptors (Lipinski definition) is 3. The van der Waals surface area contributed by atoms with Gasteiger partial charge in [0.2, 0.25) is 0 Å². The predicted molar refractivity (Wildman–Crippen MR) is 136 cm³/mol. The maximum absolute atomic E-state index is 13.9. The summed E-state index contributed by atoms with van der Waals surface area (Å²) in [4.78, 5) is 13.7. The summed E-state index contributed by atoms with van der Waals surface area (Å²) in [5, 5.41) is 3.33. The maximum atomic E-state index is 13.9. The summed E-state index contributed by atoms with van der Waals surface area (Å²) >= 11 is 0. The van der Waals surface area contributed by atoms with Crippen molar-refractivity contribution in [2.75, 3.05) is 10.8 Å². The first-order valence-electron chi connectivity index (χ1n) is 12.5. The van der Waals surface area contributed by atoms with E-state index in [-0.39, 0.29) is 27.7 Å². The van der Waals surface area contributed by atoms with Gasteiger partial charge in [-0.3, -0.25) is 9.10 Å². The van der Waals surface area contributed by atoms with Crippen LogP contribution in [0, 0.1) is 30.6 Å². The Balaban J connectivity index is 1.50. The first-order valence-corrected chi connectivity index (χ1v) is 13.9. The van der Waals surface area contributed by atoms with Gasteiger partial charge in [0, 0.05) is 18.2 Å². The molecule has 2 fully saturated rings. The fraction of sp³-hybridized carbons (Fsp3) is 0.536. The molecule has 0 spiro atoms. The second-order valence-corrected chi connectivity index (χ2v) is 13.4. The standard InChI is InChI=1S/C28H36N2O3S/c1-18-15-21(25(31)29-26-27(3,4)22-12-13-28(26,5)17-22)16-24(19(18)2)34(32,33)30-14-8-10-20-9-6-7-11-23(20)30/h6-7,9,11,15-16,22,26H,8,10,12-14,17H2,1-5H3,(H,29,31)/t22-,26-,28?/m0/s1. The molecule has 1 heterocycles. The van der Waals surface area contributed by atoms with Gasteiger partial charge in [0.15, 0.2) is 0 Å². The smallest absolute Gasteiger partial charge is 0.264 e. The number of hydrogen-bond donors (Lipinski definition) is 1. The zero-order chi connectivity index (χ0) is 24.5. The highest BCUT2D eigenvalue weighted by atomic mass is 32.2. The average Bonchev–Trinajstić information content (AvgIpc) is 3.28. The Kier molecular flexibility index (Phi) is 5.40. The van der Waals surface area contributed by atoms with E-state index < -0.39 is 10.0 Å². The van der Waals surface area contributed by atoms with E-state index in [0.29, 0.717) is 23.6 Å². The first-order chi connectivity index (χ1) is 15.9. The second kappa shape index (κ2) is 7.84. The van der Waals surface area contributed by atoms with Crippen LogP contribution in [0.25, 0.3) is 0 Å². The normalized spacial score (nSPS) is 27.5. The molecule has 3 aliphatic rings. The molecule has 1 aliphatic heterocycles. The topological polar surface area (TPSA) is 66.5 Å². The van der Waals surface area contributed by atoms with Gasteiger partial charge in [0.05, 0.1) is 10.6 Å². The molecule has 2 saturated carbocycles. The molecule has 5 nitrogen and oxygen atoms in total. The van der Waals surface area contributed by atoms with Crippen molar-refractivity contribution in [3.63, 3.8) is 0 Å². The van der Waals surface area contributed by atoms with Gasteiger partial charge in [-0.2, -0.15) is 0 Å². The van der Waals surface area contributed by atoms with Crippen molar-refractivity contribution in [2.45, 2.75) is 77.7 Å². The highest BCUT2D eigenvalue weighted by Gasteiger charge is 2.59. The molecule has 1 amide bonds. The Hall–Kier alpha value is -2.34. The summed E-state index contributed by atoms with van der Waals surface area (Å²) in [5.74, 6) is 0.447. The van der Waals surface area contributed by atoms with Crippen molar-refractivity contribution >= 4 is 21.6 Å². The van der Waals surface area contributed by atoms with E-state index in [1.165, 1.54) is 10.7 Å². The van der Waals surface area contributed by atoms with E-state index in [1.54, 1.807) is 6.07 Å². The van der Waals surface area contributed by atoms with Crippen LogP contribution in [0.1, 0.15) is 73.5 Å². The van der Waals surface area contributed by atoms with Crippen LogP contribution in [-0.4, -0.2) is 26.9 Å². The van der Waals surface area contributed by atoms with E-state index in [0.717, 1.165) is 42.5 Å². The number of carbonyl (C=O) groups excluding carboxylic acids is 1. The number of anilines is 1. The molecule has 1 unspecified atom stereocenters. The highest BCUT2D eigenvalue weighted by molar-refractivity contribution is 7.92. The number of rotatable bonds is 4. The van der Waals surface area contributed by atoms with Crippen molar-refractivity contribution in [3.8, 4) is 0 Å². The second-order valence-electron chi connectivity index (χ2n) is 11.5. The minimum Gasteiger partial charge on any atom is -0.348 e. The number of para-hydroxylation sites is 1. The summed E-state index contributed by atoms with van der Waals surface area (Å²) < 4.78 is 29.3. The quantitative estimate of drug-likeness (QED) is 0.638. The van der Waals surface area contributed by atoms with Gasteiger partial charge in [-0.05, 0) is 97.6 Å². The van der Waals surface area contributed by atoms with E-state index in [4.69, 9.17) is 0 Å². The van der Waals surface area contributed by atoms with Crippen LogP contribution in [0.3, 0.4) is 0 Å². The molecule has 0 saturated heterocycles. The molecular formula is C28H36N2O3S. The fourth-order valence-electron chi connectivity index (χ4n) is 6.97. The Morgan fingerprint density at radius 1 is 1.12 bits per heavy atom. The predicted octanol–water partition coefficient (Wildman–Crippen LogP) is 5.39. The Bertz CT molecular complexity index is 1260. The van der Waals surface area contributed by atoms with Gasteiger partial charge in [0.25, 0.3) is 15.9 Å². The highest BCUT2D eigenvalue weighted by Crippen LogP contribution is 2.62. The van der Waals surface area contributed by atoms with Gasteiger partial charge in [-0.1, -0.05) is 39.0 Å². The zero-order valence-electron chi connectivity index (χ0n) is 20.9. The van der Waals surface area contributed by atoms with E-state index >= 15 is 0 Å². The van der Waals surface area contributed by atoms with Crippen molar-refractivity contribution in [1.82, 2.24) is 5.32 Å². The van der Waals surface area contributed by atoms with Crippen molar-refractivity contribution in [3.05, 3.63) is 58.7 Å². The Morgan fingerprint density at radius 2 is 1.85 bits per heavy atom. The molecule has 5 rings (SSSR count). The number of benzene rings is 2. The minimum absolute atomic E-state index is 0.0365. The average molecular weight is 481 g/mol. The number of nitrogens with one attached hydrogen (secondary N) is 1. The van der Waals surface area contributed by atoms with Crippen molar-refractivity contribution < 1.29 is 13.2 Å². The van der Waals surface area contributed by atoms with Gasteiger partial charge < -0.3 is 5.32 Å². The van der Waals surface area contributed by atoms with Crippen LogP contribution in [0.15, 0.2) is 41.3 Å².